The van der Waals surface area contributed by atoms with E-state index in [0.29, 0.717) is 23.5 Å². The molecule has 0 spiro atoms. The first-order chi connectivity index (χ1) is 16.5. The predicted octanol–water partition coefficient (Wildman–Crippen LogP) is 4.76. The number of halogens is 2. The van der Waals surface area contributed by atoms with E-state index in [0.717, 1.165) is 54.3 Å². The quantitative estimate of drug-likeness (QED) is 0.374. The number of nitrogens with zero attached hydrogens (tertiary/aromatic N) is 1. The lowest BCUT2D eigenvalue weighted by Gasteiger charge is -2.30. The highest BCUT2D eigenvalue weighted by atomic mass is 19.2. The Morgan fingerprint density at radius 3 is 2.53 bits per heavy atom. The van der Waals surface area contributed by atoms with Crippen LogP contribution in [0.4, 0.5) is 14.5 Å². The number of hydrogen-bond donors (Lipinski definition) is 3. The van der Waals surface area contributed by atoms with E-state index in [-0.39, 0.29) is 17.2 Å². The van der Waals surface area contributed by atoms with Gasteiger partial charge in [-0.3, -0.25) is 9.59 Å². The van der Waals surface area contributed by atoms with Crippen molar-refractivity contribution in [1.82, 2.24) is 15.3 Å². The normalized spacial score (nSPS) is 18.2. The Hall–Kier alpha value is -3.81. The molecule has 1 amide bonds. The van der Waals surface area contributed by atoms with E-state index in [2.05, 4.69) is 20.6 Å². The molecular formula is C26H24F2N4O2. The summed E-state index contributed by atoms with van der Waals surface area (Å²) in [5, 5.41) is 8.87. The largest absolute Gasteiger partial charge is 0.382 e. The number of rotatable bonds is 5. The van der Waals surface area contributed by atoms with Crippen LogP contribution in [0.1, 0.15) is 36.0 Å². The number of anilines is 1. The van der Waals surface area contributed by atoms with Crippen molar-refractivity contribution in [3.8, 4) is 0 Å². The molecule has 1 aliphatic rings. The molecule has 0 aliphatic heterocycles. The van der Waals surface area contributed by atoms with Crippen LogP contribution in [0.2, 0.25) is 0 Å². The second kappa shape index (κ2) is 9.21. The van der Waals surface area contributed by atoms with Gasteiger partial charge in [0.15, 0.2) is 11.6 Å². The molecule has 8 heteroatoms. The Bertz CT molecular complexity index is 1430. The highest BCUT2D eigenvalue weighted by molar-refractivity contribution is 6.10. The second-order valence-electron chi connectivity index (χ2n) is 8.78. The average molecular weight is 463 g/mol. The van der Waals surface area contributed by atoms with Crippen LogP contribution in [0.25, 0.3) is 21.8 Å². The van der Waals surface area contributed by atoms with Gasteiger partial charge in [-0.1, -0.05) is 18.2 Å². The molecule has 34 heavy (non-hydrogen) atoms. The summed E-state index contributed by atoms with van der Waals surface area (Å²) in [6.45, 7) is 0.495. The first-order valence-electron chi connectivity index (χ1n) is 11.4. The Kier molecular flexibility index (Phi) is 5.96. The van der Waals surface area contributed by atoms with Crippen molar-refractivity contribution in [3.05, 3.63) is 82.3 Å². The van der Waals surface area contributed by atoms with Gasteiger partial charge < -0.3 is 15.6 Å². The van der Waals surface area contributed by atoms with Gasteiger partial charge in [0.1, 0.15) is 5.65 Å². The molecule has 0 unspecified atom stereocenters. The number of fused-ring (bicyclic) bond motifs is 3. The van der Waals surface area contributed by atoms with E-state index < -0.39 is 17.5 Å². The predicted molar refractivity (Wildman–Crippen MR) is 128 cm³/mol. The van der Waals surface area contributed by atoms with Gasteiger partial charge in [0, 0.05) is 46.2 Å². The first-order valence-corrected chi connectivity index (χ1v) is 11.4. The number of nitrogens with one attached hydrogen (secondary N) is 3. The van der Waals surface area contributed by atoms with Gasteiger partial charge in [-0.05, 0) is 61.9 Å². The van der Waals surface area contributed by atoms with E-state index in [1.807, 2.05) is 30.3 Å². The third kappa shape index (κ3) is 4.35. The monoisotopic (exact) mass is 462 g/mol. The zero-order valence-electron chi connectivity index (χ0n) is 18.4. The number of H-pyrrole nitrogens is 1. The van der Waals surface area contributed by atoms with Gasteiger partial charge in [0.05, 0.1) is 0 Å². The topological polar surface area (TPSA) is 86.9 Å². The lowest BCUT2D eigenvalue weighted by atomic mass is 9.85. The Labute approximate surface area is 194 Å². The molecule has 0 saturated heterocycles. The van der Waals surface area contributed by atoms with Gasteiger partial charge in [-0.2, -0.15) is 0 Å². The van der Waals surface area contributed by atoms with Crippen LogP contribution in [-0.2, 0) is 0 Å². The van der Waals surface area contributed by atoms with Crippen molar-refractivity contribution in [2.45, 2.75) is 31.7 Å². The Morgan fingerprint density at radius 1 is 1.00 bits per heavy atom. The minimum Gasteiger partial charge on any atom is -0.382 e. The number of hydrogen-bond acceptors (Lipinski definition) is 4. The Balaban J connectivity index is 1.23. The fourth-order valence-electron chi connectivity index (χ4n) is 4.73. The number of aromatic amines is 1. The van der Waals surface area contributed by atoms with E-state index in [9.17, 15) is 18.4 Å². The first kappa shape index (κ1) is 22.0. The van der Waals surface area contributed by atoms with E-state index in [4.69, 9.17) is 0 Å². The van der Waals surface area contributed by atoms with Crippen LogP contribution in [0.5, 0.6) is 0 Å². The number of pyridine rings is 2. The van der Waals surface area contributed by atoms with Gasteiger partial charge in [0.25, 0.3) is 11.5 Å². The minimum absolute atomic E-state index is 0.115. The van der Waals surface area contributed by atoms with Crippen molar-refractivity contribution < 1.29 is 13.6 Å². The highest BCUT2D eigenvalue weighted by Crippen LogP contribution is 2.31. The van der Waals surface area contributed by atoms with Gasteiger partial charge in [0.2, 0.25) is 0 Å². The maximum Gasteiger partial charge on any atom is 0.257 e. The van der Waals surface area contributed by atoms with Crippen LogP contribution in [0, 0.1) is 17.6 Å². The van der Waals surface area contributed by atoms with Crippen LogP contribution < -0.4 is 16.2 Å². The smallest absolute Gasteiger partial charge is 0.257 e. The molecule has 2 aromatic carbocycles. The highest BCUT2D eigenvalue weighted by Gasteiger charge is 2.23. The minimum atomic E-state index is -1.03. The standard InChI is InChI=1S/C26H24F2N4O2/c27-20-10-7-16(13-21(20)28)25(33)30-14-15-5-8-17(9-6-15)31-22-11-12-29-24-23(22)18-3-1-2-4-19(18)26(34)32-24/h1-4,7,10-13,15,17H,5-6,8-9,14H2,(H,30,33)(H2,29,31,32,34)/t15-,17-. The summed E-state index contributed by atoms with van der Waals surface area (Å²) in [5.74, 6) is -2.08. The van der Waals surface area contributed by atoms with E-state index >= 15 is 0 Å². The van der Waals surface area contributed by atoms with Crippen LogP contribution in [0.15, 0.2) is 59.5 Å². The molecule has 0 bridgehead atoms. The molecule has 1 aliphatic carbocycles. The van der Waals surface area contributed by atoms with Crippen molar-refractivity contribution in [3.63, 3.8) is 0 Å². The third-order valence-corrected chi connectivity index (χ3v) is 6.56. The number of carbonyl (C=O) groups excluding carboxylic acids is 1. The second-order valence-corrected chi connectivity index (χ2v) is 8.78. The van der Waals surface area contributed by atoms with E-state index in [1.54, 1.807) is 6.20 Å². The van der Waals surface area contributed by atoms with Gasteiger partial charge in [-0.15, -0.1) is 0 Å². The lowest BCUT2D eigenvalue weighted by molar-refractivity contribution is 0.0942. The number of benzene rings is 2. The lowest BCUT2D eigenvalue weighted by Crippen LogP contribution is -2.34. The molecule has 4 aromatic rings. The van der Waals surface area contributed by atoms with Gasteiger partial charge >= 0.3 is 0 Å². The fraction of sp³-hybridized carbons (Fsp3) is 0.269. The summed E-state index contributed by atoms with van der Waals surface area (Å²) in [6, 6.07) is 12.9. The van der Waals surface area contributed by atoms with Crippen LogP contribution in [-0.4, -0.2) is 28.5 Å². The molecular weight excluding hydrogens is 438 g/mol. The third-order valence-electron chi connectivity index (χ3n) is 6.56. The maximum absolute atomic E-state index is 13.4. The van der Waals surface area contributed by atoms with Crippen molar-refractivity contribution in [2.75, 3.05) is 11.9 Å². The molecule has 174 valence electrons. The molecule has 2 aromatic heterocycles. The van der Waals surface area contributed by atoms with Crippen LogP contribution in [0.3, 0.4) is 0 Å². The van der Waals surface area contributed by atoms with Gasteiger partial charge in [-0.25, -0.2) is 13.8 Å². The summed E-state index contributed by atoms with van der Waals surface area (Å²) >= 11 is 0. The number of carbonyl (C=O) groups is 1. The summed E-state index contributed by atoms with van der Waals surface area (Å²) < 4.78 is 26.5. The summed E-state index contributed by atoms with van der Waals surface area (Å²) in [4.78, 5) is 31.9. The summed E-state index contributed by atoms with van der Waals surface area (Å²) in [7, 11) is 0. The number of amides is 1. The molecule has 2 heterocycles. The van der Waals surface area contributed by atoms with Crippen molar-refractivity contribution in [1.29, 1.82) is 0 Å². The molecule has 0 radical (unpaired) electrons. The molecule has 1 fully saturated rings. The molecule has 3 N–H and O–H groups in total. The number of aromatic nitrogens is 2. The molecule has 0 atom stereocenters. The van der Waals surface area contributed by atoms with Crippen molar-refractivity contribution in [2.24, 2.45) is 5.92 Å². The molecule has 5 rings (SSSR count). The summed E-state index contributed by atoms with van der Waals surface area (Å²) in [6.07, 6.45) is 5.40. The summed E-state index contributed by atoms with van der Waals surface area (Å²) in [5.41, 5.74) is 1.46. The average Bonchev–Trinajstić information content (AvgIpc) is 2.85. The van der Waals surface area contributed by atoms with Crippen LogP contribution >= 0.6 is 0 Å². The Morgan fingerprint density at radius 2 is 1.76 bits per heavy atom. The zero-order valence-corrected chi connectivity index (χ0v) is 18.4. The maximum atomic E-state index is 13.4. The fourth-order valence-corrected chi connectivity index (χ4v) is 4.73. The van der Waals surface area contributed by atoms with E-state index in [1.165, 1.54) is 6.07 Å². The molecule has 6 nitrogen and oxygen atoms in total. The zero-order chi connectivity index (χ0) is 23.7. The molecule has 1 saturated carbocycles. The SMILES string of the molecule is O=C(NC[C@H]1CC[C@H](Nc2ccnc3[nH]c(=O)c4ccccc4c23)CC1)c1ccc(F)c(F)c1. The van der Waals surface area contributed by atoms with Crippen molar-refractivity contribution >= 4 is 33.4 Å².